The van der Waals surface area contributed by atoms with E-state index in [0.717, 1.165) is 6.42 Å². The lowest BCUT2D eigenvalue weighted by molar-refractivity contribution is 0.117. The summed E-state index contributed by atoms with van der Waals surface area (Å²) in [5.74, 6) is 0.449. The first-order chi connectivity index (χ1) is 6.17. The first-order valence-electron chi connectivity index (χ1n) is 5.77. The van der Waals surface area contributed by atoms with Gasteiger partial charge in [0.05, 0.1) is 0 Å². The molecule has 1 atom stereocenters. The SMILES string of the molecule is CC(C)(C)CCCC(CO)C(C)(C)C. The van der Waals surface area contributed by atoms with Crippen LogP contribution in [0.15, 0.2) is 0 Å². The summed E-state index contributed by atoms with van der Waals surface area (Å²) in [7, 11) is 0. The third-order valence-electron chi connectivity index (χ3n) is 2.92. The first-order valence-corrected chi connectivity index (χ1v) is 5.77. The highest BCUT2D eigenvalue weighted by Gasteiger charge is 2.23. The molecule has 0 fully saturated rings. The van der Waals surface area contributed by atoms with E-state index in [-0.39, 0.29) is 5.41 Å². The van der Waals surface area contributed by atoms with Gasteiger partial charge in [-0.2, -0.15) is 0 Å². The summed E-state index contributed by atoms with van der Waals surface area (Å²) < 4.78 is 0. The minimum Gasteiger partial charge on any atom is -0.396 e. The van der Waals surface area contributed by atoms with Gasteiger partial charge in [-0.05, 0) is 29.6 Å². The molecular formula is C13H28O. The molecule has 1 N–H and O–H groups in total. The third kappa shape index (κ3) is 6.42. The van der Waals surface area contributed by atoms with Crippen molar-refractivity contribution in [1.82, 2.24) is 0 Å². The maximum atomic E-state index is 9.29. The Labute approximate surface area is 89.9 Å². The van der Waals surface area contributed by atoms with Crippen LogP contribution in [0.4, 0.5) is 0 Å². The van der Waals surface area contributed by atoms with Gasteiger partial charge in [-0.15, -0.1) is 0 Å². The van der Waals surface area contributed by atoms with Crippen LogP contribution in [0, 0.1) is 16.7 Å². The Morgan fingerprint density at radius 3 is 1.79 bits per heavy atom. The number of hydrogen-bond donors (Lipinski definition) is 1. The van der Waals surface area contributed by atoms with Gasteiger partial charge in [0, 0.05) is 6.61 Å². The van der Waals surface area contributed by atoms with Crippen molar-refractivity contribution in [2.75, 3.05) is 6.61 Å². The summed E-state index contributed by atoms with van der Waals surface area (Å²) in [5, 5.41) is 9.29. The van der Waals surface area contributed by atoms with E-state index in [1.54, 1.807) is 0 Å². The normalized spacial score (nSPS) is 15.6. The van der Waals surface area contributed by atoms with Crippen LogP contribution in [0.2, 0.25) is 0 Å². The molecule has 0 saturated carbocycles. The van der Waals surface area contributed by atoms with E-state index in [0.29, 0.717) is 17.9 Å². The Morgan fingerprint density at radius 2 is 1.50 bits per heavy atom. The lowest BCUT2D eigenvalue weighted by Crippen LogP contribution is -2.24. The molecule has 1 nitrogen and oxygen atoms in total. The summed E-state index contributed by atoms with van der Waals surface area (Å²) in [4.78, 5) is 0. The Bertz CT molecular complexity index is 148. The predicted molar refractivity (Wildman–Crippen MR) is 63.3 cm³/mol. The van der Waals surface area contributed by atoms with Crippen molar-refractivity contribution in [1.29, 1.82) is 0 Å². The third-order valence-corrected chi connectivity index (χ3v) is 2.92. The highest BCUT2D eigenvalue weighted by molar-refractivity contribution is 4.74. The highest BCUT2D eigenvalue weighted by Crippen LogP contribution is 2.31. The van der Waals surface area contributed by atoms with Gasteiger partial charge in [0.1, 0.15) is 0 Å². The van der Waals surface area contributed by atoms with Gasteiger partial charge in [0.2, 0.25) is 0 Å². The largest absolute Gasteiger partial charge is 0.396 e. The molecule has 0 aliphatic heterocycles. The Balaban J connectivity index is 3.87. The molecule has 0 aliphatic rings. The first kappa shape index (κ1) is 14.0. The maximum absolute atomic E-state index is 9.29. The average Bonchev–Trinajstić information content (AvgIpc) is 1.93. The Kier molecular flexibility index (Phi) is 5.14. The summed E-state index contributed by atoms with van der Waals surface area (Å²) in [6, 6.07) is 0. The molecule has 0 rings (SSSR count). The molecule has 0 aromatic heterocycles. The maximum Gasteiger partial charge on any atom is 0.0464 e. The summed E-state index contributed by atoms with van der Waals surface area (Å²) >= 11 is 0. The Morgan fingerprint density at radius 1 is 1.00 bits per heavy atom. The zero-order valence-electron chi connectivity index (χ0n) is 10.9. The van der Waals surface area contributed by atoms with E-state index < -0.39 is 0 Å². The number of aliphatic hydroxyl groups excluding tert-OH is 1. The van der Waals surface area contributed by atoms with Crippen LogP contribution in [0.25, 0.3) is 0 Å². The number of aliphatic hydroxyl groups is 1. The molecule has 0 aromatic carbocycles. The fourth-order valence-corrected chi connectivity index (χ4v) is 1.68. The lowest BCUT2D eigenvalue weighted by atomic mass is 9.77. The van der Waals surface area contributed by atoms with Gasteiger partial charge in [-0.1, -0.05) is 48.0 Å². The smallest absolute Gasteiger partial charge is 0.0464 e. The molecule has 86 valence electrons. The van der Waals surface area contributed by atoms with E-state index >= 15 is 0 Å². The molecule has 0 amide bonds. The molecule has 0 aliphatic carbocycles. The monoisotopic (exact) mass is 200 g/mol. The molecular weight excluding hydrogens is 172 g/mol. The van der Waals surface area contributed by atoms with Gasteiger partial charge in [-0.3, -0.25) is 0 Å². The second-order valence-corrected chi connectivity index (χ2v) is 6.70. The van der Waals surface area contributed by atoms with E-state index in [9.17, 15) is 5.11 Å². The van der Waals surface area contributed by atoms with Crippen LogP contribution < -0.4 is 0 Å². The molecule has 0 bridgehead atoms. The standard InChI is InChI=1S/C13H28O/c1-12(2,3)9-7-8-11(10-14)13(4,5)6/h11,14H,7-10H2,1-6H3. The van der Waals surface area contributed by atoms with Crippen molar-refractivity contribution in [3.05, 3.63) is 0 Å². The molecule has 0 aromatic rings. The van der Waals surface area contributed by atoms with E-state index in [1.165, 1.54) is 12.8 Å². The second-order valence-electron chi connectivity index (χ2n) is 6.70. The van der Waals surface area contributed by atoms with Crippen molar-refractivity contribution in [2.45, 2.75) is 60.8 Å². The van der Waals surface area contributed by atoms with Crippen molar-refractivity contribution in [3.63, 3.8) is 0 Å². The molecule has 1 heteroatoms. The van der Waals surface area contributed by atoms with Gasteiger partial charge in [0.25, 0.3) is 0 Å². The topological polar surface area (TPSA) is 20.2 Å². The molecule has 1 unspecified atom stereocenters. The minimum absolute atomic E-state index is 0.243. The minimum atomic E-state index is 0.243. The van der Waals surface area contributed by atoms with Crippen LogP contribution >= 0.6 is 0 Å². The quantitative estimate of drug-likeness (QED) is 0.730. The number of hydrogen-bond acceptors (Lipinski definition) is 1. The molecule has 0 spiro atoms. The van der Waals surface area contributed by atoms with Crippen LogP contribution in [-0.2, 0) is 0 Å². The van der Waals surface area contributed by atoms with Crippen LogP contribution in [-0.4, -0.2) is 11.7 Å². The van der Waals surface area contributed by atoms with Gasteiger partial charge < -0.3 is 5.11 Å². The lowest BCUT2D eigenvalue weighted by Gasteiger charge is -2.30. The fourth-order valence-electron chi connectivity index (χ4n) is 1.68. The summed E-state index contributed by atoms with van der Waals surface area (Å²) in [6.07, 6.45) is 3.63. The van der Waals surface area contributed by atoms with E-state index in [4.69, 9.17) is 0 Å². The zero-order valence-corrected chi connectivity index (χ0v) is 10.9. The second kappa shape index (κ2) is 5.16. The average molecular weight is 200 g/mol. The molecule has 0 saturated heterocycles. The van der Waals surface area contributed by atoms with Crippen molar-refractivity contribution >= 4 is 0 Å². The molecule has 0 radical (unpaired) electrons. The van der Waals surface area contributed by atoms with Gasteiger partial charge in [-0.25, -0.2) is 0 Å². The van der Waals surface area contributed by atoms with Crippen molar-refractivity contribution < 1.29 is 5.11 Å². The van der Waals surface area contributed by atoms with Crippen LogP contribution in [0.1, 0.15) is 60.8 Å². The van der Waals surface area contributed by atoms with Crippen molar-refractivity contribution in [3.8, 4) is 0 Å². The predicted octanol–water partition coefficient (Wildman–Crippen LogP) is 3.86. The van der Waals surface area contributed by atoms with E-state index in [2.05, 4.69) is 41.5 Å². The summed E-state index contributed by atoms with van der Waals surface area (Å²) in [5.41, 5.74) is 0.671. The van der Waals surface area contributed by atoms with Crippen LogP contribution in [0.3, 0.4) is 0 Å². The number of rotatable bonds is 4. The highest BCUT2D eigenvalue weighted by atomic mass is 16.3. The molecule has 0 heterocycles. The zero-order chi connectivity index (χ0) is 11.4. The van der Waals surface area contributed by atoms with Crippen LogP contribution in [0.5, 0.6) is 0 Å². The summed E-state index contributed by atoms with van der Waals surface area (Å²) in [6.45, 7) is 13.8. The van der Waals surface area contributed by atoms with E-state index in [1.807, 2.05) is 0 Å². The Hall–Kier alpha value is -0.0400. The van der Waals surface area contributed by atoms with Gasteiger partial charge in [0.15, 0.2) is 0 Å². The van der Waals surface area contributed by atoms with Crippen molar-refractivity contribution in [2.24, 2.45) is 16.7 Å². The molecule has 14 heavy (non-hydrogen) atoms. The fraction of sp³-hybridized carbons (Fsp3) is 1.00. The van der Waals surface area contributed by atoms with Gasteiger partial charge >= 0.3 is 0 Å².